The molecule has 0 radical (unpaired) electrons. The van der Waals surface area contributed by atoms with Crippen LogP contribution in [0, 0.1) is 5.95 Å². The Morgan fingerprint density at radius 1 is 1.07 bits per heavy atom. The van der Waals surface area contributed by atoms with E-state index in [9.17, 15) is 14.0 Å². The number of aromatic nitrogens is 2. The Hall–Kier alpha value is -3.03. The number of halogens is 1. The van der Waals surface area contributed by atoms with E-state index < -0.39 is 11.5 Å². The number of carbonyl (C=O) groups is 2. The Morgan fingerprint density at radius 3 is 2.39 bits per heavy atom. The van der Waals surface area contributed by atoms with E-state index >= 15 is 0 Å². The van der Waals surface area contributed by atoms with Crippen LogP contribution in [0.1, 0.15) is 31.3 Å². The summed E-state index contributed by atoms with van der Waals surface area (Å²) in [5, 5.41) is 0. The van der Waals surface area contributed by atoms with Gasteiger partial charge >= 0.3 is 6.09 Å². The van der Waals surface area contributed by atoms with Crippen molar-refractivity contribution in [2.75, 3.05) is 26.2 Å². The van der Waals surface area contributed by atoms with Gasteiger partial charge in [-0.2, -0.15) is 4.39 Å². The molecule has 7 nitrogen and oxygen atoms in total. The largest absolute Gasteiger partial charge is 0.444 e. The predicted molar refractivity (Wildman–Crippen MR) is 101 cm³/mol. The molecule has 1 fully saturated rings. The van der Waals surface area contributed by atoms with Gasteiger partial charge in [0.15, 0.2) is 0 Å². The summed E-state index contributed by atoms with van der Waals surface area (Å²) in [6.07, 6.45) is 0.982. The van der Waals surface area contributed by atoms with Crippen molar-refractivity contribution in [2.24, 2.45) is 0 Å². The molecule has 2 aromatic rings. The van der Waals surface area contributed by atoms with Crippen LogP contribution >= 0.6 is 0 Å². The summed E-state index contributed by atoms with van der Waals surface area (Å²) in [5.74, 6) is -0.825. The van der Waals surface area contributed by atoms with E-state index in [1.54, 1.807) is 34.1 Å². The highest BCUT2D eigenvalue weighted by atomic mass is 19.1. The maximum atomic E-state index is 13.4. The molecule has 0 aliphatic carbocycles. The van der Waals surface area contributed by atoms with E-state index in [1.165, 1.54) is 12.3 Å². The summed E-state index contributed by atoms with van der Waals surface area (Å²) in [7, 11) is 0. The lowest BCUT2D eigenvalue weighted by molar-refractivity contribution is 0.0140. The summed E-state index contributed by atoms with van der Waals surface area (Å²) < 4.78 is 18.7. The molecule has 2 amide bonds. The lowest BCUT2D eigenvalue weighted by Gasteiger charge is -2.35. The summed E-state index contributed by atoms with van der Waals surface area (Å²) in [4.78, 5) is 36.1. The normalized spacial score (nSPS) is 14.7. The van der Waals surface area contributed by atoms with Crippen LogP contribution in [-0.4, -0.2) is 63.5 Å². The van der Waals surface area contributed by atoms with Gasteiger partial charge in [0.25, 0.3) is 5.91 Å². The zero-order chi connectivity index (χ0) is 20.3. The minimum Gasteiger partial charge on any atom is -0.444 e. The lowest BCUT2D eigenvalue weighted by Crippen LogP contribution is -2.51. The van der Waals surface area contributed by atoms with Gasteiger partial charge < -0.3 is 14.5 Å². The van der Waals surface area contributed by atoms with E-state index in [0.717, 1.165) is 0 Å². The molecule has 3 rings (SSSR count). The molecule has 1 saturated heterocycles. The Morgan fingerprint density at radius 2 is 1.75 bits per heavy atom. The van der Waals surface area contributed by atoms with Gasteiger partial charge in [0, 0.05) is 44.0 Å². The second-order valence-corrected chi connectivity index (χ2v) is 7.53. The molecule has 0 saturated carbocycles. The van der Waals surface area contributed by atoms with Gasteiger partial charge in [0.05, 0.1) is 5.69 Å². The molecule has 28 heavy (non-hydrogen) atoms. The van der Waals surface area contributed by atoms with Crippen molar-refractivity contribution in [3.63, 3.8) is 0 Å². The molecular weight excluding hydrogens is 363 g/mol. The van der Waals surface area contributed by atoms with Gasteiger partial charge in [-0.15, -0.1) is 0 Å². The van der Waals surface area contributed by atoms with Gasteiger partial charge in [0.1, 0.15) is 11.3 Å². The molecule has 0 aromatic carbocycles. The van der Waals surface area contributed by atoms with Crippen molar-refractivity contribution in [2.45, 2.75) is 26.4 Å². The van der Waals surface area contributed by atoms with E-state index in [-0.39, 0.29) is 17.7 Å². The standard InChI is InChI=1S/C20H23FN4O3/c1-20(2,3)28-19(27)25-11-9-24(10-12-25)18(26)16-6-4-5-15(23-16)14-7-8-22-17(21)13-14/h4-8,13H,9-12H2,1-3H3. The molecule has 148 valence electrons. The second-order valence-electron chi connectivity index (χ2n) is 7.53. The van der Waals surface area contributed by atoms with Crippen molar-refractivity contribution < 1.29 is 18.7 Å². The topological polar surface area (TPSA) is 75.6 Å². The highest BCUT2D eigenvalue weighted by Crippen LogP contribution is 2.18. The van der Waals surface area contributed by atoms with E-state index in [2.05, 4.69) is 9.97 Å². The first-order valence-corrected chi connectivity index (χ1v) is 9.09. The summed E-state index contributed by atoms with van der Waals surface area (Å²) in [5.41, 5.74) is 0.776. The van der Waals surface area contributed by atoms with Crippen LogP contribution in [0.3, 0.4) is 0 Å². The monoisotopic (exact) mass is 386 g/mol. The highest BCUT2D eigenvalue weighted by molar-refractivity contribution is 5.93. The lowest BCUT2D eigenvalue weighted by atomic mass is 10.1. The molecule has 8 heteroatoms. The fourth-order valence-electron chi connectivity index (χ4n) is 2.86. The molecule has 1 aliphatic heterocycles. The number of amides is 2. The molecule has 3 heterocycles. The highest BCUT2D eigenvalue weighted by Gasteiger charge is 2.28. The van der Waals surface area contributed by atoms with E-state index in [1.807, 2.05) is 20.8 Å². The molecule has 0 atom stereocenters. The molecule has 0 bridgehead atoms. The first-order valence-electron chi connectivity index (χ1n) is 9.09. The third kappa shape index (κ3) is 4.82. The van der Waals surface area contributed by atoms with Crippen LogP contribution in [0.15, 0.2) is 36.5 Å². The van der Waals surface area contributed by atoms with Gasteiger partial charge in [-0.05, 0) is 39.0 Å². The van der Waals surface area contributed by atoms with Crippen molar-refractivity contribution in [1.29, 1.82) is 0 Å². The van der Waals surface area contributed by atoms with Crippen LogP contribution in [0.2, 0.25) is 0 Å². The van der Waals surface area contributed by atoms with Crippen molar-refractivity contribution in [3.8, 4) is 11.3 Å². The molecule has 2 aromatic heterocycles. The first-order chi connectivity index (χ1) is 13.2. The predicted octanol–water partition coefficient (Wildman–Crippen LogP) is 2.98. The average Bonchev–Trinajstić information content (AvgIpc) is 2.66. The van der Waals surface area contributed by atoms with E-state index in [4.69, 9.17) is 4.74 Å². The van der Waals surface area contributed by atoms with Crippen molar-refractivity contribution in [1.82, 2.24) is 19.8 Å². The summed E-state index contributed by atoms with van der Waals surface area (Å²) in [6.45, 7) is 7.04. The quantitative estimate of drug-likeness (QED) is 0.742. The Balaban J connectivity index is 1.66. The minimum atomic E-state index is -0.603. The van der Waals surface area contributed by atoms with Crippen LogP contribution in [0.4, 0.5) is 9.18 Å². The maximum absolute atomic E-state index is 13.4. The number of hydrogen-bond donors (Lipinski definition) is 0. The van der Waals surface area contributed by atoms with Crippen LogP contribution in [0.25, 0.3) is 11.3 Å². The Kier molecular flexibility index (Phi) is 5.58. The molecule has 0 spiro atoms. The van der Waals surface area contributed by atoms with Crippen LogP contribution < -0.4 is 0 Å². The number of rotatable bonds is 2. The first kappa shape index (κ1) is 19.7. The maximum Gasteiger partial charge on any atom is 0.410 e. The van der Waals surface area contributed by atoms with Gasteiger partial charge in [-0.1, -0.05) is 6.07 Å². The molecule has 1 aliphatic rings. The third-order valence-electron chi connectivity index (χ3n) is 4.21. The number of ether oxygens (including phenoxy) is 1. The molecular formula is C20H23FN4O3. The fraction of sp³-hybridized carbons (Fsp3) is 0.400. The van der Waals surface area contributed by atoms with Gasteiger partial charge in [0.2, 0.25) is 5.95 Å². The van der Waals surface area contributed by atoms with Crippen molar-refractivity contribution in [3.05, 3.63) is 48.2 Å². The minimum absolute atomic E-state index is 0.222. The van der Waals surface area contributed by atoms with E-state index in [0.29, 0.717) is 37.4 Å². The van der Waals surface area contributed by atoms with Crippen LogP contribution in [0.5, 0.6) is 0 Å². The number of carbonyl (C=O) groups excluding carboxylic acids is 2. The number of hydrogen-bond acceptors (Lipinski definition) is 5. The Labute approximate surface area is 163 Å². The zero-order valence-corrected chi connectivity index (χ0v) is 16.2. The Bertz CT molecular complexity index is 874. The molecule has 0 unspecified atom stereocenters. The van der Waals surface area contributed by atoms with Crippen LogP contribution in [-0.2, 0) is 4.74 Å². The summed E-state index contributed by atoms with van der Waals surface area (Å²) >= 11 is 0. The molecule has 0 N–H and O–H groups in total. The third-order valence-corrected chi connectivity index (χ3v) is 4.21. The second kappa shape index (κ2) is 7.92. The van der Waals surface area contributed by atoms with Crippen molar-refractivity contribution >= 4 is 12.0 Å². The van der Waals surface area contributed by atoms with Gasteiger partial charge in [-0.3, -0.25) is 4.79 Å². The fourth-order valence-corrected chi connectivity index (χ4v) is 2.86. The van der Waals surface area contributed by atoms with Gasteiger partial charge in [-0.25, -0.2) is 14.8 Å². The smallest absolute Gasteiger partial charge is 0.410 e. The zero-order valence-electron chi connectivity index (χ0n) is 16.2. The SMILES string of the molecule is CC(C)(C)OC(=O)N1CCN(C(=O)c2cccc(-c3ccnc(F)c3)n2)CC1. The summed E-state index contributed by atoms with van der Waals surface area (Å²) in [6, 6.07) is 7.97. The number of pyridine rings is 2. The number of piperazine rings is 1. The number of nitrogens with zero attached hydrogens (tertiary/aromatic N) is 4. The average molecular weight is 386 g/mol.